The second kappa shape index (κ2) is 8.18. The predicted octanol–water partition coefficient (Wildman–Crippen LogP) is 3.48. The SMILES string of the molecule is O=C(Nc1ccccc1)C1=C(N2CCOCC2)/C(=C/c2cccnc2)CC1. The minimum atomic E-state index is -0.0164. The maximum atomic E-state index is 13.0. The second-order valence-corrected chi connectivity index (χ2v) is 6.70. The molecule has 2 aromatic rings. The normalized spacial score (nSPS) is 18.8. The molecule has 0 radical (unpaired) electrons. The number of benzene rings is 1. The number of aromatic nitrogens is 1. The summed E-state index contributed by atoms with van der Waals surface area (Å²) >= 11 is 0. The number of nitrogens with zero attached hydrogens (tertiary/aromatic N) is 2. The van der Waals surface area contributed by atoms with Gasteiger partial charge in [-0.3, -0.25) is 9.78 Å². The number of morpholine rings is 1. The van der Waals surface area contributed by atoms with Crippen LogP contribution in [0, 0.1) is 0 Å². The summed E-state index contributed by atoms with van der Waals surface area (Å²) in [7, 11) is 0. The Morgan fingerprint density at radius 3 is 2.63 bits per heavy atom. The number of para-hydroxylation sites is 1. The smallest absolute Gasteiger partial charge is 0.253 e. The van der Waals surface area contributed by atoms with Crippen LogP contribution < -0.4 is 5.32 Å². The molecule has 1 aliphatic carbocycles. The molecule has 0 atom stereocenters. The molecule has 1 saturated heterocycles. The van der Waals surface area contributed by atoms with Crippen LogP contribution in [0.25, 0.3) is 6.08 Å². The van der Waals surface area contributed by atoms with E-state index in [-0.39, 0.29) is 5.91 Å². The molecule has 0 bridgehead atoms. The third kappa shape index (κ3) is 4.09. The summed E-state index contributed by atoms with van der Waals surface area (Å²) in [5.74, 6) is -0.0164. The zero-order valence-corrected chi connectivity index (χ0v) is 15.2. The standard InChI is InChI=1S/C22H23N3O2/c26-22(24-19-6-2-1-3-7-19)20-9-8-18(15-17-5-4-10-23-16-17)21(20)25-11-13-27-14-12-25/h1-7,10,15-16H,8-9,11-14H2,(H,24,26)/b18-15+. The highest BCUT2D eigenvalue weighted by Crippen LogP contribution is 2.36. The summed E-state index contributed by atoms with van der Waals surface area (Å²) in [6.45, 7) is 3.00. The number of nitrogens with one attached hydrogen (secondary N) is 1. The van der Waals surface area contributed by atoms with E-state index in [9.17, 15) is 4.79 Å². The number of allylic oxidation sites excluding steroid dienone is 1. The lowest BCUT2D eigenvalue weighted by Gasteiger charge is -2.31. The number of carbonyl (C=O) groups excluding carboxylic acids is 1. The van der Waals surface area contributed by atoms with Crippen molar-refractivity contribution in [3.05, 3.63) is 77.3 Å². The Bertz CT molecular complexity index is 854. The number of ether oxygens (including phenoxy) is 1. The van der Waals surface area contributed by atoms with Gasteiger partial charge in [0.15, 0.2) is 0 Å². The number of pyridine rings is 1. The van der Waals surface area contributed by atoms with Crippen LogP contribution in [-0.4, -0.2) is 42.1 Å². The number of hydrogen-bond donors (Lipinski definition) is 1. The molecule has 1 aromatic carbocycles. The fourth-order valence-electron chi connectivity index (χ4n) is 3.62. The maximum absolute atomic E-state index is 13.0. The van der Waals surface area contributed by atoms with Crippen molar-refractivity contribution in [3.8, 4) is 0 Å². The van der Waals surface area contributed by atoms with Crippen LogP contribution in [0.4, 0.5) is 5.69 Å². The minimum Gasteiger partial charge on any atom is -0.378 e. The molecule has 2 aliphatic rings. The Morgan fingerprint density at radius 1 is 1.07 bits per heavy atom. The lowest BCUT2D eigenvalue weighted by molar-refractivity contribution is -0.113. The van der Waals surface area contributed by atoms with Crippen molar-refractivity contribution in [1.82, 2.24) is 9.88 Å². The summed E-state index contributed by atoms with van der Waals surface area (Å²) in [5.41, 5.74) is 5.00. The molecular formula is C22H23N3O2. The molecule has 1 amide bonds. The Kier molecular flexibility index (Phi) is 5.30. The summed E-state index contributed by atoms with van der Waals surface area (Å²) in [6.07, 6.45) is 7.39. The summed E-state index contributed by atoms with van der Waals surface area (Å²) in [6, 6.07) is 13.6. The van der Waals surface area contributed by atoms with E-state index in [1.807, 2.05) is 48.7 Å². The van der Waals surface area contributed by atoms with Gasteiger partial charge in [-0.1, -0.05) is 24.3 Å². The molecule has 0 saturated carbocycles. The van der Waals surface area contributed by atoms with E-state index in [1.165, 1.54) is 5.57 Å². The first-order valence-corrected chi connectivity index (χ1v) is 9.34. The Hall–Kier alpha value is -2.92. The third-order valence-electron chi connectivity index (χ3n) is 4.89. The number of rotatable bonds is 4. The van der Waals surface area contributed by atoms with E-state index in [0.29, 0.717) is 13.2 Å². The van der Waals surface area contributed by atoms with Gasteiger partial charge in [0, 0.05) is 42.4 Å². The van der Waals surface area contributed by atoms with Gasteiger partial charge in [-0.2, -0.15) is 0 Å². The zero-order chi connectivity index (χ0) is 18.5. The number of amides is 1. The van der Waals surface area contributed by atoms with Gasteiger partial charge in [0.05, 0.1) is 13.2 Å². The van der Waals surface area contributed by atoms with E-state index >= 15 is 0 Å². The first-order chi connectivity index (χ1) is 13.3. The van der Waals surface area contributed by atoms with Gasteiger partial charge in [0.2, 0.25) is 0 Å². The summed E-state index contributed by atoms with van der Waals surface area (Å²) in [5, 5.41) is 3.04. The average molecular weight is 361 g/mol. The highest BCUT2D eigenvalue weighted by atomic mass is 16.5. The zero-order valence-electron chi connectivity index (χ0n) is 15.2. The van der Waals surface area contributed by atoms with Gasteiger partial charge in [-0.15, -0.1) is 0 Å². The lowest BCUT2D eigenvalue weighted by atomic mass is 10.1. The average Bonchev–Trinajstić information content (AvgIpc) is 3.14. The van der Waals surface area contributed by atoms with E-state index in [4.69, 9.17) is 4.74 Å². The van der Waals surface area contributed by atoms with Crippen LogP contribution in [0.1, 0.15) is 18.4 Å². The van der Waals surface area contributed by atoms with Gasteiger partial charge in [-0.05, 0) is 48.3 Å². The highest BCUT2D eigenvalue weighted by molar-refractivity contribution is 6.05. The Labute approximate surface area is 159 Å². The monoisotopic (exact) mass is 361 g/mol. The molecule has 1 fully saturated rings. The third-order valence-corrected chi connectivity index (χ3v) is 4.89. The molecule has 5 nitrogen and oxygen atoms in total. The fourth-order valence-corrected chi connectivity index (χ4v) is 3.62. The molecule has 0 spiro atoms. The Morgan fingerprint density at radius 2 is 1.89 bits per heavy atom. The minimum absolute atomic E-state index is 0.0164. The molecule has 2 heterocycles. The van der Waals surface area contributed by atoms with Crippen molar-refractivity contribution in [3.63, 3.8) is 0 Å². The predicted molar refractivity (Wildman–Crippen MR) is 106 cm³/mol. The van der Waals surface area contributed by atoms with Crippen LogP contribution in [0.2, 0.25) is 0 Å². The Balaban J connectivity index is 1.67. The molecule has 138 valence electrons. The molecule has 1 N–H and O–H groups in total. The molecule has 4 rings (SSSR count). The molecular weight excluding hydrogens is 338 g/mol. The van der Waals surface area contributed by atoms with Crippen LogP contribution in [0.3, 0.4) is 0 Å². The van der Waals surface area contributed by atoms with Crippen LogP contribution in [0.5, 0.6) is 0 Å². The molecule has 1 aliphatic heterocycles. The fraction of sp³-hybridized carbons (Fsp3) is 0.273. The quantitative estimate of drug-likeness (QED) is 0.906. The first kappa shape index (κ1) is 17.5. The van der Waals surface area contributed by atoms with Gasteiger partial charge in [-0.25, -0.2) is 0 Å². The summed E-state index contributed by atoms with van der Waals surface area (Å²) < 4.78 is 5.51. The van der Waals surface area contributed by atoms with Gasteiger partial charge in [0.25, 0.3) is 5.91 Å². The van der Waals surface area contributed by atoms with Crippen molar-refractivity contribution in [2.75, 3.05) is 31.6 Å². The summed E-state index contributed by atoms with van der Waals surface area (Å²) in [4.78, 5) is 19.5. The van der Waals surface area contributed by atoms with Gasteiger partial charge < -0.3 is 15.0 Å². The van der Waals surface area contributed by atoms with Crippen LogP contribution in [-0.2, 0) is 9.53 Å². The number of carbonyl (C=O) groups is 1. The van der Waals surface area contributed by atoms with Crippen LogP contribution >= 0.6 is 0 Å². The highest BCUT2D eigenvalue weighted by Gasteiger charge is 2.29. The van der Waals surface area contributed by atoms with Crippen molar-refractivity contribution in [2.24, 2.45) is 0 Å². The van der Waals surface area contributed by atoms with Crippen molar-refractivity contribution < 1.29 is 9.53 Å². The maximum Gasteiger partial charge on any atom is 0.253 e. The lowest BCUT2D eigenvalue weighted by Crippen LogP contribution is -2.36. The van der Waals surface area contributed by atoms with E-state index in [0.717, 1.165) is 48.5 Å². The second-order valence-electron chi connectivity index (χ2n) is 6.70. The van der Waals surface area contributed by atoms with Gasteiger partial charge >= 0.3 is 0 Å². The molecule has 5 heteroatoms. The first-order valence-electron chi connectivity index (χ1n) is 9.34. The van der Waals surface area contributed by atoms with Crippen molar-refractivity contribution >= 4 is 17.7 Å². The van der Waals surface area contributed by atoms with Gasteiger partial charge in [0.1, 0.15) is 0 Å². The van der Waals surface area contributed by atoms with Crippen LogP contribution in [0.15, 0.2) is 71.7 Å². The number of hydrogen-bond acceptors (Lipinski definition) is 4. The molecule has 27 heavy (non-hydrogen) atoms. The number of anilines is 1. The van der Waals surface area contributed by atoms with E-state index in [2.05, 4.69) is 21.3 Å². The topological polar surface area (TPSA) is 54.5 Å². The van der Waals surface area contributed by atoms with Crippen molar-refractivity contribution in [1.29, 1.82) is 0 Å². The van der Waals surface area contributed by atoms with Crippen molar-refractivity contribution in [2.45, 2.75) is 12.8 Å². The molecule has 0 unspecified atom stereocenters. The molecule has 1 aromatic heterocycles. The van der Waals surface area contributed by atoms with E-state index in [1.54, 1.807) is 6.20 Å². The largest absolute Gasteiger partial charge is 0.378 e. The van der Waals surface area contributed by atoms with E-state index < -0.39 is 0 Å².